The first-order valence-electron chi connectivity index (χ1n) is 4.66. The van der Waals surface area contributed by atoms with Crippen molar-refractivity contribution in [1.82, 2.24) is 10.3 Å². The van der Waals surface area contributed by atoms with Crippen LogP contribution in [0.1, 0.15) is 6.92 Å². The molecule has 0 aliphatic carbocycles. The lowest BCUT2D eigenvalue weighted by molar-refractivity contribution is -0.118. The van der Waals surface area contributed by atoms with Gasteiger partial charge in [-0.3, -0.25) is 4.79 Å². The lowest BCUT2D eigenvalue weighted by Crippen LogP contribution is -2.32. The minimum absolute atomic E-state index is 0.457. The number of primary amides is 1. The minimum Gasteiger partial charge on any atom is -0.397 e. The molecule has 2 rings (SSSR count). The number of nitrogens with one attached hydrogen (secondary N) is 1. The fourth-order valence-corrected chi connectivity index (χ4v) is 1.31. The summed E-state index contributed by atoms with van der Waals surface area (Å²) in [4.78, 5) is 10.9. The van der Waals surface area contributed by atoms with E-state index >= 15 is 0 Å². The van der Waals surface area contributed by atoms with E-state index in [9.17, 15) is 4.79 Å². The summed E-state index contributed by atoms with van der Waals surface area (Å²) in [6.45, 7) is 1.65. The van der Waals surface area contributed by atoms with Gasteiger partial charge in [0.25, 0.3) is 0 Å². The van der Waals surface area contributed by atoms with Crippen molar-refractivity contribution in [3.05, 3.63) is 12.1 Å². The van der Waals surface area contributed by atoms with Gasteiger partial charge in [-0.05, 0) is 29.4 Å². The molecular formula is C9H11N5O2. The van der Waals surface area contributed by atoms with Gasteiger partial charge in [-0.1, -0.05) is 0 Å². The third-order valence-corrected chi connectivity index (χ3v) is 2.25. The molecule has 7 heteroatoms. The average Bonchev–Trinajstić information content (AvgIpc) is 2.71. The second-order valence-electron chi connectivity index (χ2n) is 3.43. The molecule has 0 aliphatic heterocycles. The molecule has 7 nitrogen and oxygen atoms in total. The van der Waals surface area contributed by atoms with E-state index in [1.807, 2.05) is 0 Å². The predicted octanol–water partition coefficient (Wildman–Crippen LogP) is 0.0907. The average molecular weight is 221 g/mol. The number of carbonyl (C=O) groups is 1. The van der Waals surface area contributed by atoms with Crippen molar-refractivity contribution in [3.63, 3.8) is 0 Å². The number of hydrogen-bond acceptors (Lipinski definition) is 6. The Labute approximate surface area is 90.7 Å². The number of carbonyl (C=O) groups excluding carboxylic acids is 1. The second-order valence-corrected chi connectivity index (χ2v) is 3.43. The van der Waals surface area contributed by atoms with Crippen LogP contribution in [0.5, 0.6) is 0 Å². The van der Waals surface area contributed by atoms with Gasteiger partial charge in [0.1, 0.15) is 6.04 Å². The summed E-state index contributed by atoms with van der Waals surface area (Å²) in [5.74, 6) is -0.457. The van der Waals surface area contributed by atoms with Gasteiger partial charge >= 0.3 is 0 Å². The maximum absolute atomic E-state index is 10.9. The molecule has 0 radical (unpaired) electrons. The highest BCUT2D eigenvalue weighted by Gasteiger charge is 2.14. The molecule has 0 saturated carbocycles. The number of benzene rings is 1. The van der Waals surface area contributed by atoms with Crippen LogP contribution >= 0.6 is 0 Å². The van der Waals surface area contributed by atoms with E-state index in [0.29, 0.717) is 22.4 Å². The van der Waals surface area contributed by atoms with Crippen LogP contribution in [0.2, 0.25) is 0 Å². The zero-order valence-electron chi connectivity index (χ0n) is 8.60. The van der Waals surface area contributed by atoms with E-state index in [0.717, 1.165) is 0 Å². The molecule has 1 aromatic heterocycles. The molecule has 16 heavy (non-hydrogen) atoms. The van der Waals surface area contributed by atoms with Crippen molar-refractivity contribution in [1.29, 1.82) is 0 Å². The van der Waals surface area contributed by atoms with E-state index in [1.165, 1.54) is 0 Å². The van der Waals surface area contributed by atoms with Crippen LogP contribution in [-0.4, -0.2) is 22.3 Å². The second kappa shape index (κ2) is 3.69. The Hall–Kier alpha value is -2.31. The number of amides is 1. The smallest absolute Gasteiger partial charge is 0.239 e. The van der Waals surface area contributed by atoms with E-state index in [2.05, 4.69) is 20.3 Å². The molecule has 2 aromatic rings. The quantitative estimate of drug-likeness (QED) is 0.632. The van der Waals surface area contributed by atoms with Gasteiger partial charge in [0.05, 0.1) is 11.4 Å². The molecule has 0 bridgehead atoms. The number of aromatic nitrogens is 2. The molecule has 0 aliphatic rings. The standard InChI is InChI=1S/C9H11N5O2/c1-4(9(11)15)12-6-3-2-5(10)7-8(6)14-16-13-7/h2-4,12H,10H2,1H3,(H2,11,15). The van der Waals surface area contributed by atoms with Crippen LogP contribution in [0.15, 0.2) is 16.8 Å². The molecule has 1 amide bonds. The Morgan fingerprint density at radius 1 is 1.44 bits per heavy atom. The van der Waals surface area contributed by atoms with Crippen molar-refractivity contribution in [2.75, 3.05) is 11.1 Å². The van der Waals surface area contributed by atoms with Crippen molar-refractivity contribution in [3.8, 4) is 0 Å². The van der Waals surface area contributed by atoms with Crippen molar-refractivity contribution in [2.24, 2.45) is 5.73 Å². The van der Waals surface area contributed by atoms with Gasteiger partial charge in [-0.25, -0.2) is 4.63 Å². The summed E-state index contributed by atoms with van der Waals surface area (Å²) in [6, 6.07) is 2.84. The van der Waals surface area contributed by atoms with Crippen LogP contribution < -0.4 is 16.8 Å². The van der Waals surface area contributed by atoms with Crippen LogP contribution in [0, 0.1) is 0 Å². The normalized spacial score (nSPS) is 12.6. The predicted molar refractivity (Wildman–Crippen MR) is 58.5 cm³/mol. The molecule has 1 atom stereocenters. The summed E-state index contributed by atoms with van der Waals surface area (Å²) in [7, 11) is 0. The molecule has 0 fully saturated rings. The number of rotatable bonds is 3. The molecule has 84 valence electrons. The number of fused-ring (bicyclic) bond motifs is 1. The van der Waals surface area contributed by atoms with Crippen LogP contribution in [-0.2, 0) is 4.79 Å². The van der Waals surface area contributed by atoms with Crippen LogP contribution in [0.4, 0.5) is 11.4 Å². The lowest BCUT2D eigenvalue weighted by atomic mass is 10.2. The summed E-state index contributed by atoms with van der Waals surface area (Å²) in [5, 5.41) is 10.3. The maximum Gasteiger partial charge on any atom is 0.239 e. The minimum atomic E-state index is -0.511. The number of nitrogen functional groups attached to an aromatic ring is 1. The van der Waals surface area contributed by atoms with Crippen LogP contribution in [0.3, 0.4) is 0 Å². The van der Waals surface area contributed by atoms with E-state index in [4.69, 9.17) is 11.5 Å². The molecule has 1 aromatic carbocycles. The Morgan fingerprint density at radius 2 is 2.12 bits per heavy atom. The van der Waals surface area contributed by atoms with Crippen molar-refractivity contribution >= 4 is 28.3 Å². The Balaban J connectivity index is 2.42. The largest absolute Gasteiger partial charge is 0.397 e. The first kappa shape index (κ1) is 10.2. The Kier molecular flexibility index (Phi) is 2.35. The topological polar surface area (TPSA) is 120 Å². The number of anilines is 2. The van der Waals surface area contributed by atoms with E-state index in [1.54, 1.807) is 19.1 Å². The number of nitrogens with two attached hydrogens (primary N) is 2. The SMILES string of the molecule is CC(Nc1ccc(N)c2nonc12)C(N)=O. The molecule has 5 N–H and O–H groups in total. The van der Waals surface area contributed by atoms with Crippen LogP contribution in [0.25, 0.3) is 11.0 Å². The molecule has 0 saturated heterocycles. The molecule has 1 heterocycles. The monoisotopic (exact) mass is 221 g/mol. The third-order valence-electron chi connectivity index (χ3n) is 2.25. The zero-order valence-corrected chi connectivity index (χ0v) is 8.60. The van der Waals surface area contributed by atoms with Gasteiger partial charge < -0.3 is 16.8 Å². The summed E-state index contributed by atoms with van der Waals surface area (Å²) >= 11 is 0. The number of nitrogens with zero attached hydrogens (tertiary/aromatic N) is 2. The summed E-state index contributed by atoms with van der Waals surface area (Å²) in [6.07, 6.45) is 0. The van der Waals surface area contributed by atoms with Crippen molar-refractivity contribution < 1.29 is 9.42 Å². The number of hydrogen-bond donors (Lipinski definition) is 3. The molecular weight excluding hydrogens is 210 g/mol. The summed E-state index contributed by atoms with van der Waals surface area (Å²) in [5.41, 5.74) is 12.8. The maximum atomic E-state index is 10.9. The fourth-order valence-electron chi connectivity index (χ4n) is 1.31. The zero-order chi connectivity index (χ0) is 11.7. The Bertz CT molecular complexity index is 536. The van der Waals surface area contributed by atoms with E-state index < -0.39 is 11.9 Å². The highest BCUT2D eigenvalue weighted by atomic mass is 16.6. The Morgan fingerprint density at radius 3 is 2.81 bits per heavy atom. The third kappa shape index (κ3) is 1.62. The van der Waals surface area contributed by atoms with Gasteiger partial charge in [-0.15, -0.1) is 0 Å². The van der Waals surface area contributed by atoms with Gasteiger partial charge in [0, 0.05) is 0 Å². The first-order valence-corrected chi connectivity index (χ1v) is 4.66. The van der Waals surface area contributed by atoms with Gasteiger partial charge in [0.2, 0.25) is 5.91 Å². The molecule has 0 spiro atoms. The van der Waals surface area contributed by atoms with Gasteiger partial charge in [0.15, 0.2) is 11.0 Å². The highest BCUT2D eigenvalue weighted by molar-refractivity contribution is 5.96. The highest BCUT2D eigenvalue weighted by Crippen LogP contribution is 2.25. The lowest BCUT2D eigenvalue weighted by Gasteiger charge is -2.11. The fraction of sp³-hybridized carbons (Fsp3) is 0.222. The van der Waals surface area contributed by atoms with E-state index in [-0.39, 0.29) is 0 Å². The molecule has 1 unspecified atom stereocenters. The first-order chi connectivity index (χ1) is 7.59. The van der Waals surface area contributed by atoms with Crippen molar-refractivity contribution in [2.45, 2.75) is 13.0 Å². The summed E-state index contributed by atoms with van der Waals surface area (Å²) < 4.78 is 4.59. The van der Waals surface area contributed by atoms with Gasteiger partial charge in [-0.2, -0.15) is 0 Å².